The van der Waals surface area contributed by atoms with Gasteiger partial charge in [0.05, 0.1) is 0 Å². The molecular formula is C13H17F3N2O. The van der Waals surface area contributed by atoms with Crippen LogP contribution in [0, 0.1) is 6.92 Å². The molecule has 0 aliphatic rings. The number of anilines is 1. The lowest BCUT2D eigenvalue weighted by molar-refractivity contribution is -0.140. The van der Waals surface area contributed by atoms with E-state index in [0.717, 1.165) is 4.90 Å². The number of hydrogen-bond acceptors (Lipinski definition) is 2. The predicted octanol–water partition coefficient (Wildman–Crippen LogP) is 2.99. The number of nitrogen functional groups attached to an aromatic ring is 1. The highest BCUT2D eigenvalue weighted by atomic mass is 19.4. The van der Waals surface area contributed by atoms with E-state index < -0.39 is 18.6 Å². The first-order chi connectivity index (χ1) is 8.74. The molecule has 1 amide bonds. The lowest BCUT2D eigenvalue weighted by atomic mass is 10.1. The summed E-state index contributed by atoms with van der Waals surface area (Å²) in [4.78, 5) is 13.0. The number of amides is 1. The summed E-state index contributed by atoms with van der Waals surface area (Å²) in [6.45, 7) is 2.22. The summed E-state index contributed by atoms with van der Waals surface area (Å²) in [7, 11) is 0. The molecule has 0 fully saturated rings. The molecule has 0 saturated heterocycles. The zero-order chi connectivity index (χ0) is 14.6. The zero-order valence-electron chi connectivity index (χ0n) is 10.9. The molecule has 0 saturated carbocycles. The maximum absolute atomic E-state index is 12.5. The van der Waals surface area contributed by atoms with Gasteiger partial charge in [0.1, 0.15) is 6.54 Å². The average molecular weight is 274 g/mol. The van der Waals surface area contributed by atoms with Gasteiger partial charge in [-0.1, -0.05) is 13.0 Å². The van der Waals surface area contributed by atoms with Gasteiger partial charge in [-0.05, 0) is 31.0 Å². The van der Waals surface area contributed by atoms with Gasteiger partial charge in [-0.3, -0.25) is 4.79 Å². The Labute approximate surface area is 110 Å². The largest absolute Gasteiger partial charge is 0.406 e. The van der Waals surface area contributed by atoms with Crippen LogP contribution < -0.4 is 5.73 Å². The maximum atomic E-state index is 12.5. The van der Waals surface area contributed by atoms with Crippen LogP contribution in [-0.2, 0) is 0 Å². The van der Waals surface area contributed by atoms with Gasteiger partial charge in [-0.15, -0.1) is 0 Å². The van der Waals surface area contributed by atoms with Crippen LogP contribution >= 0.6 is 0 Å². The molecule has 0 aliphatic carbocycles. The van der Waals surface area contributed by atoms with E-state index in [4.69, 9.17) is 5.73 Å². The molecule has 1 aromatic rings. The van der Waals surface area contributed by atoms with Crippen molar-refractivity contribution in [3.8, 4) is 0 Å². The first kappa shape index (κ1) is 15.3. The van der Waals surface area contributed by atoms with Crippen LogP contribution in [0.5, 0.6) is 0 Å². The van der Waals surface area contributed by atoms with Gasteiger partial charge in [0.15, 0.2) is 0 Å². The van der Waals surface area contributed by atoms with Crippen LogP contribution in [0.25, 0.3) is 0 Å². The topological polar surface area (TPSA) is 46.3 Å². The molecular weight excluding hydrogens is 257 g/mol. The number of halogens is 3. The lowest BCUT2D eigenvalue weighted by Crippen LogP contribution is -2.39. The van der Waals surface area contributed by atoms with Gasteiger partial charge in [-0.25, -0.2) is 0 Å². The molecule has 0 heterocycles. The predicted molar refractivity (Wildman–Crippen MR) is 67.8 cm³/mol. The molecule has 0 unspecified atom stereocenters. The van der Waals surface area contributed by atoms with Gasteiger partial charge in [0.2, 0.25) is 0 Å². The van der Waals surface area contributed by atoms with Crippen LogP contribution in [-0.4, -0.2) is 30.1 Å². The Morgan fingerprint density at radius 3 is 2.53 bits per heavy atom. The van der Waals surface area contributed by atoms with Crippen LogP contribution in [0.15, 0.2) is 18.2 Å². The van der Waals surface area contributed by atoms with E-state index in [1.165, 1.54) is 6.07 Å². The summed E-state index contributed by atoms with van der Waals surface area (Å²) in [6.07, 6.45) is -3.94. The van der Waals surface area contributed by atoms with Crippen molar-refractivity contribution in [2.24, 2.45) is 0 Å². The second-order valence-electron chi connectivity index (χ2n) is 4.42. The number of carbonyl (C=O) groups excluding carboxylic acids is 1. The number of hydrogen-bond donors (Lipinski definition) is 1. The third-order valence-corrected chi connectivity index (χ3v) is 2.64. The minimum atomic E-state index is -4.40. The quantitative estimate of drug-likeness (QED) is 0.858. The van der Waals surface area contributed by atoms with Crippen molar-refractivity contribution in [3.05, 3.63) is 29.3 Å². The fraction of sp³-hybridized carbons (Fsp3) is 0.462. The first-order valence-electron chi connectivity index (χ1n) is 5.96. The van der Waals surface area contributed by atoms with Crippen LogP contribution in [0.3, 0.4) is 0 Å². The van der Waals surface area contributed by atoms with Gasteiger partial charge in [-0.2, -0.15) is 13.2 Å². The second-order valence-corrected chi connectivity index (χ2v) is 4.42. The molecule has 19 heavy (non-hydrogen) atoms. The molecule has 106 valence electrons. The van der Waals surface area contributed by atoms with E-state index in [-0.39, 0.29) is 12.1 Å². The van der Waals surface area contributed by atoms with Crippen molar-refractivity contribution in [2.45, 2.75) is 26.4 Å². The number of alkyl halides is 3. The van der Waals surface area contributed by atoms with E-state index in [1.807, 2.05) is 0 Å². The zero-order valence-corrected chi connectivity index (χ0v) is 10.9. The maximum Gasteiger partial charge on any atom is 0.406 e. The number of nitrogens with two attached hydrogens (primary N) is 1. The van der Waals surface area contributed by atoms with E-state index in [1.54, 1.807) is 26.0 Å². The van der Waals surface area contributed by atoms with Crippen LogP contribution in [0.4, 0.5) is 18.9 Å². The molecule has 0 radical (unpaired) electrons. The molecule has 3 nitrogen and oxygen atoms in total. The van der Waals surface area contributed by atoms with Crippen molar-refractivity contribution in [3.63, 3.8) is 0 Å². The molecule has 0 aromatic heterocycles. The summed E-state index contributed by atoms with van der Waals surface area (Å²) >= 11 is 0. The Kier molecular flexibility index (Phi) is 4.80. The normalized spacial score (nSPS) is 11.4. The van der Waals surface area contributed by atoms with Gasteiger partial charge >= 0.3 is 6.18 Å². The summed E-state index contributed by atoms with van der Waals surface area (Å²) in [5, 5.41) is 0. The SMILES string of the molecule is CCCN(CC(F)(F)F)C(=O)c1cc(N)ccc1C. The van der Waals surface area contributed by atoms with Crippen molar-refractivity contribution in [1.29, 1.82) is 0 Å². The fourth-order valence-electron chi connectivity index (χ4n) is 1.78. The monoisotopic (exact) mass is 274 g/mol. The molecule has 0 bridgehead atoms. The average Bonchev–Trinajstić information content (AvgIpc) is 2.29. The van der Waals surface area contributed by atoms with Gasteiger partial charge in [0.25, 0.3) is 5.91 Å². The molecule has 0 atom stereocenters. The Bertz CT molecular complexity index is 458. The Hall–Kier alpha value is -1.72. The van der Waals surface area contributed by atoms with E-state index in [2.05, 4.69) is 0 Å². The van der Waals surface area contributed by atoms with Crippen LogP contribution in [0.1, 0.15) is 29.3 Å². The molecule has 2 N–H and O–H groups in total. The minimum absolute atomic E-state index is 0.0621. The summed E-state index contributed by atoms with van der Waals surface area (Å²) in [6, 6.07) is 4.65. The number of carbonyl (C=O) groups is 1. The van der Waals surface area contributed by atoms with Gasteiger partial charge < -0.3 is 10.6 Å². The highest BCUT2D eigenvalue weighted by molar-refractivity contribution is 5.96. The van der Waals surface area contributed by atoms with Crippen molar-refractivity contribution in [2.75, 3.05) is 18.8 Å². The van der Waals surface area contributed by atoms with Crippen molar-refractivity contribution < 1.29 is 18.0 Å². The fourth-order valence-corrected chi connectivity index (χ4v) is 1.78. The highest BCUT2D eigenvalue weighted by Crippen LogP contribution is 2.20. The smallest absolute Gasteiger partial charge is 0.399 e. The molecule has 1 aromatic carbocycles. The summed E-state index contributed by atoms with van der Waals surface area (Å²) < 4.78 is 37.4. The first-order valence-corrected chi connectivity index (χ1v) is 5.96. The number of nitrogens with zero attached hydrogens (tertiary/aromatic N) is 1. The highest BCUT2D eigenvalue weighted by Gasteiger charge is 2.33. The number of benzene rings is 1. The van der Waals surface area contributed by atoms with Crippen molar-refractivity contribution >= 4 is 11.6 Å². The minimum Gasteiger partial charge on any atom is -0.399 e. The third kappa shape index (κ3) is 4.46. The van der Waals surface area contributed by atoms with Crippen molar-refractivity contribution in [1.82, 2.24) is 4.90 Å². The summed E-state index contributed by atoms with van der Waals surface area (Å²) in [5.41, 5.74) is 6.77. The Morgan fingerprint density at radius 1 is 1.37 bits per heavy atom. The summed E-state index contributed by atoms with van der Waals surface area (Å²) in [5.74, 6) is -0.635. The standard InChI is InChI=1S/C13H17F3N2O/c1-3-6-18(8-13(14,15)16)12(19)11-7-10(17)5-4-9(11)2/h4-5,7H,3,6,8,17H2,1-2H3. The lowest BCUT2D eigenvalue weighted by Gasteiger charge is -2.24. The molecule has 0 spiro atoms. The van der Waals surface area contributed by atoms with E-state index in [9.17, 15) is 18.0 Å². The Morgan fingerprint density at radius 2 is 2.00 bits per heavy atom. The second kappa shape index (κ2) is 5.95. The molecule has 6 heteroatoms. The third-order valence-electron chi connectivity index (χ3n) is 2.64. The van der Waals surface area contributed by atoms with Gasteiger partial charge in [0, 0.05) is 17.8 Å². The number of aryl methyl sites for hydroxylation is 1. The Balaban J connectivity index is 3.02. The van der Waals surface area contributed by atoms with E-state index >= 15 is 0 Å². The van der Waals surface area contributed by atoms with Crippen LogP contribution in [0.2, 0.25) is 0 Å². The van der Waals surface area contributed by atoms with E-state index in [0.29, 0.717) is 17.7 Å². The molecule has 1 rings (SSSR count). The number of rotatable bonds is 4. The molecule has 0 aliphatic heterocycles.